The molecule has 27 heavy (non-hydrogen) atoms. The molecule has 6 nitrogen and oxygen atoms in total. The topological polar surface area (TPSA) is 77.2 Å². The number of hydrogen-bond donors (Lipinski definition) is 1. The molecule has 3 aromatic rings. The Hall–Kier alpha value is -2.86. The highest BCUT2D eigenvalue weighted by atomic mass is 35.5. The van der Waals surface area contributed by atoms with Crippen LogP contribution in [0.4, 0.5) is 0 Å². The van der Waals surface area contributed by atoms with Crippen LogP contribution in [0.5, 0.6) is 5.75 Å². The van der Waals surface area contributed by atoms with Crippen LogP contribution in [0.25, 0.3) is 11.4 Å². The van der Waals surface area contributed by atoms with Gasteiger partial charge in [-0.2, -0.15) is 4.98 Å². The summed E-state index contributed by atoms with van der Waals surface area (Å²) in [4.78, 5) is 16.7. The Morgan fingerprint density at radius 1 is 1.26 bits per heavy atom. The van der Waals surface area contributed by atoms with Gasteiger partial charge in [-0.3, -0.25) is 4.79 Å². The van der Waals surface area contributed by atoms with Crippen molar-refractivity contribution in [3.63, 3.8) is 0 Å². The Labute approximate surface area is 162 Å². The normalized spacial score (nSPS) is 11.8. The van der Waals surface area contributed by atoms with Gasteiger partial charge < -0.3 is 14.6 Å². The van der Waals surface area contributed by atoms with Crippen molar-refractivity contribution in [1.29, 1.82) is 0 Å². The summed E-state index contributed by atoms with van der Waals surface area (Å²) in [5, 5.41) is 7.27. The van der Waals surface area contributed by atoms with Gasteiger partial charge in [0, 0.05) is 10.6 Å². The van der Waals surface area contributed by atoms with E-state index in [0.29, 0.717) is 28.9 Å². The van der Waals surface area contributed by atoms with E-state index in [9.17, 15) is 4.79 Å². The first-order valence-electron chi connectivity index (χ1n) is 8.64. The number of aromatic nitrogens is 2. The molecule has 140 valence electrons. The molecule has 2 aromatic carbocycles. The lowest BCUT2D eigenvalue weighted by atomic mass is 10.1. The molecule has 0 aliphatic rings. The lowest BCUT2D eigenvalue weighted by molar-refractivity contribution is -0.128. The van der Waals surface area contributed by atoms with E-state index >= 15 is 0 Å². The van der Waals surface area contributed by atoms with Crippen molar-refractivity contribution in [1.82, 2.24) is 15.5 Å². The molecule has 0 unspecified atom stereocenters. The molecule has 1 aromatic heterocycles. The molecular formula is C20H20ClN3O3. The van der Waals surface area contributed by atoms with E-state index in [1.807, 2.05) is 38.1 Å². The van der Waals surface area contributed by atoms with E-state index in [1.165, 1.54) is 0 Å². The van der Waals surface area contributed by atoms with Crippen molar-refractivity contribution < 1.29 is 14.1 Å². The van der Waals surface area contributed by atoms with Crippen LogP contribution >= 0.6 is 11.6 Å². The lowest BCUT2D eigenvalue weighted by Crippen LogP contribution is -2.37. The minimum Gasteiger partial charge on any atom is -0.481 e. The molecule has 1 heterocycles. The predicted octanol–water partition coefficient (Wildman–Crippen LogP) is 4.17. The van der Waals surface area contributed by atoms with Crippen molar-refractivity contribution in [3.05, 3.63) is 65.0 Å². The number of nitrogens with one attached hydrogen (secondary N) is 1. The predicted molar refractivity (Wildman–Crippen MR) is 102 cm³/mol. The summed E-state index contributed by atoms with van der Waals surface area (Å²) in [6.45, 7) is 4.01. The smallest absolute Gasteiger partial charge is 0.261 e. The highest BCUT2D eigenvalue weighted by molar-refractivity contribution is 6.30. The summed E-state index contributed by atoms with van der Waals surface area (Å²) in [5.74, 6) is 1.11. The maximum atomic E-state index is 12.4. The standard InChI is InChI=1S/C20H20ClN3O3/c1-3-17(26-16-6-4-5-15(21)11-16)20(25)22-12-18-23-19(24-27-18)14-9-7-13(2)8-10-14/h4-11,17H,3,12H2,1-2H3,(H,22,25)/t17-/m0/s1. The Morgan fingerprint density at radius 2 is 2.04 bits per heavy atom. The maximum Gasteiger partial charge on any atom is 0.261 e. The summed E-state index contributed by atoms with van der Waals surface area (Å²) in [7, 11) is 0. The second-order valence-corrected chi connectivity index (χ2v) is 6.50. The largest absolute Gasteiger partial charge is 0.481 e. The van der Waals surface area contributed by atoms with Gasteiger partial charge in [-0.1, -0.05) is 59.6 Å². The van der Waals surface area contributed by atoms with Crippen LogP contribution in [0, 0.1) is 6.92 Å². The number of benzene rings is 2. The number of aryl methyl sites for hydroxylation is 1. The van der Waals surface area contributed by atoms with E-state index in [-0.39, 0.29) is 12.5 Å². The quantitative estimate of drug-likeness (QED) is 0.660. The molecule has 0 aliphatic carbocycles. The average molecular weight is 386 g/mol. The molecule has 1 N–H and O–H groups in total. The molecule has 0 radical (unpaired) electrons. The summed E-state index contributed by atoms with van der Waals surface area (Å²) < 4.78 is 10.9. The van der Waals surface area contributed by atoms with Crippen LogP contribution in [-0.4, -0.2) is 22.2 Å². The van der Waals surface area contributed by atoms with Gasteiger partial charge in [0.2, 0.25) is 11.7 Å². The molecule has 0 aliphatic heterocycles. The second-order valence-electron chi connectivity index (χ2n) is 6.07. The SMILES string of the molecule is CC[C@H](Oc1cccc(Cl)c1)C(=O)NCc1nc(-c2ccc(C)cc2)no1. The van der Waals surface area contributed by atoms with Gasteiger partial charge >= 0.3 is 0 Å². The van der Waals surface area contributed by atoms with Gasteiger partial charge in [0.1, 0.15) is 5.75 Å². The highest BCUT2D eigenvalue weighted by Crippen LogP contribution is 2.19. The third kappa shape index (κ3) is 5.08. The van der Waals surface area contributed by atoms with Crippen LogP contribution in [0.3, 0.4) is 0 Å². The Bertz CT molecular complexity index is 909. The van der Waals surface area contributed by atoms with Gasteiger partial charge in [-0.05, 0) is 31.5 Å². The fourth-order valence-electron chi connectivity index (χ4n) is 2.45. The maximum absolute atomic E-state index is 12.4. The number of amides is 1. The van der Waals surface area contributed by atoms with Gasteiger partial charge in [-0.15, -0.1) is 0 Å². The van der Waals surface area contributed by atoms with Crippen molar-refractivity contribution in [2.45, 2.75) is 32.9 Å². The second kappa shape index (κ2) is 8.68. The zero-order valence-electron chi connectivity index (χ0n) is 15.1. The zero-order valence-corrected chi connectivity index (χ0v) is 15.9. The first kappa shape index (κ1) is 18.9. The average Bonchev–Trinajstić information content (AvgIpc) is 3.14. The van der Waals surface area contributed by atoms with E-state index in [1.54, 1.807) is 24.3 Å². The number of hydrogen-bond acceptors (Lipinski definition) is 5. The molecule has 0 fully saturated rings. The molecular weight excluding hydrogens is 366 g/mol. The van der Waals surface area contributed by atoms with Gasteiger partial charge in [-0.25, -0.2) is 0 Å². The molecule has 3 rings (SSSR count). The molecule has 0 saturated carbocycles. The monoisotopic (exact) mass is 385 g/mol. The Morgan fingerprint density at radius 3 is 2.74 bits per heavy atom. The number of carbonyl (C=O) groups excluding carboxylic acids is 1. The minimum atomic E-state index is -0.636. The third-order valence-corrected chi connectivity index (χ3v) is 4.16. The third-order valence-electron chi connectivity index (χ3n) is 3.93. The summed E-state index contributed by atoms with van der Waals surface area (Å²) in [6, 6.07) is 14.8. The first-order valence-corrected chi connectivity index (χ1v) is 9.02. The van der Waals surface area contributed by atoms with Crippen molar-refractivity contribution in [2.24, 2.45) is 0 Å². The minimum absolute atomic E-state index is 0.132. The van der Waals surface area contributed by atoms with Crippen molar-refractivity contribution >= 4 is 17.5 Å². The summed E-state index contributed by atoms with van der Waals surface area (Å²) in [5.41, 5.74) is 2.01. The number of halogens is 1. The molecule has 7 heteroatoms. The number of rotatable bonds is 7. The fourth-order valence-corrected chi connectivity index (χ4v) is 2.63. The van der Waals surface area contributed by atoms with Crippen molar-refractivity contribution in [3.8, 4) is 17.1 Å². The lowest BCUT2D eigenvalue weighted by Gasteiger charge is -2.16. The van der Waals surface area contributed by atoms with Crippen LogP contribution in [0.1, 0.15) is 24.8 Å². The molecule has 0 spiro atoms. The summed E-state index contributed by atoms with van der Waals surface area (Å²) in [6.07, 6.45) is -0.125. The number of ether oxygens (including phenoxy) is 1. The van der Waals surface area contributed by atoms with E-state index < -0.39 is 6.10 Å². The summed E-state index contributed by atoms with van der Waals surface area (Å²) >= 11 is 5.95. The van der Waals surface area contributed by atoms with E-state index in [0.717, 1.165) is 11.1 Å². The van der Waals surface area contributed by atoms with Crippen LogP contribution < -0.4 is 10.1 Å². The Balaban J connectivity index is 1.58. The fraction of sp³-hybridized carbons (Fsp3) is 0.250. The highest BCUT2D eigenvalue weighted by Gasteiger charge is 2.19. The molecule has 0 saturated heterocycles. The van der Waals surface area contributed by atoms with Crippen LogP contribution in [-0.2, 0) is 11.3 Å². The Kier molecular flexibility index (Phi) is 6.08. The van der Waals surface area contributed by atoms with Crippen molar-refractivity contribution in [2.75, 3.05) is 0 Å². The zero-order chi connectivity index (χ0) is 19.2. The van der Waals surface area contributed by atoms with Gasteiger partial charge in [0.25, 0.3) is 5.91 Å². The number of nitrogens with zero attached hydrogens (tertiary/aromatic N) is 2. The van der Waals surface area contributed by atoms with Gasteiger partial charge in [0.05, 0.1) is 6.54 Å². The molecule has 1 amide bonds. The van der Waals surface area contributed by atoms with E-state index in [4.69, 9.17) is 20.9 Å². The molecule has 0 bridgehead atoms. The van der Waals surface area contributed by atoms with Crippen LogP contribution in [0.15, 0.2) is 53.1 Å². The first-order chi connectivity index (χ1) is 13.0. The number of carbonyl (C=O) groups is 1. The van der Waals surface area contributed by atoms with Gasteiger partial charge in [0.15, 0.2) is 6.10 Å². The van der Waals surface area contributed by atoms with Crippen LogP contribution in [0.2, 0.25) is 5.02 Å². The molecule has 1 atom stereocenters. The van der Waals surface area contributed by atoms with E-state index in [2.05, 4.69) is 15.5 Å².